The van der Waals surface area contributed by atoms with E-state index in [2.05, 4.69) is 18.8 Å². The monoisotopic (exact) mass is 346 g/mol. The van der Waals surface area contributed by atoms with Crippen molar-refractivity contribution in [3.05, 3.63) is 36.3 Å². The van der Waals surface area contributed by atoms with E-state index in [4.69, 9.17) is 5.73 Å². The van der Waals surface area contributed by atoms with Crippen molar-refractivity contribution in [2.75, 3.05) is 13.6 Å². The van der Waals surface area contributed by atoms with E-state index < -0.39 is 0 Å². The summed E-state index contributed by atoms with van der Waals surface area (Å²) < 4.78 is 1.85. The highest BCUT2D eigenvalue weighted by atomic mass is 35.5. The second-order valence-corrected chi connectivity index (χ2v) is 5.53. The van der Waals surface area contributed by atoms with Gasteiger partial charge in [-0.05, 0) is 24.5 Å². The molecule has 2 aromatic heterocycles. The van der Waals surface area contributed by atoms with Crippen LogP contribution in [0.2, 0.25) is 0 Å². The number of imidazole rings is 1. The van der Waals surface area contributed by atoms with Crippen LogP contribution in [-0.4, -0.2) is 39.8 Å². The molecule has 22 heavy (non-hydrogen) atoms. The molecule has 0 aliphatic carbocycles. The highest BCUT2D eigenvalue weighted by Crippen LogP contribution is 2.09. The Morgan fingerprint density at radius 2 is 2.05 bits per heavy atom. The molecular weight excluding hydrogens is 323 g/mol. The maximum atomic E-state index is 12.3. The molecule has 7 heteroatoms. The van der Waals surface area contributed by atoms with Crippen molar-refractivity contribution < 1.29 is 4.79 Å². The second-order valence-electron chi connectivity index (χ2n) is 5.53. The summed E-state index contributed by atoms with van der Waals surface area (Å²) in [5.41, 5.74) is 7.52. The van der Waals surface area contributed by atoms with Gasteiger partial charge in [0, 0.05) is 38.2 Å². The largest absolute Gasteiger partial charge is 0.342 e. The number of carbonyl (C=O) groups excluding carboxylic acids is 1. The summed E-state index contributed by atoms with van der Waals surface area (Å²) in [6.45, 7) is 4.86. The Morgan fingerprint density at radius 1 is 1.36 bits per heavy atom. The number of nitrogens with zero attached hydrogens (tertiary/aromatic N) is 3. The van der Waals surface area contributed by atoms with Crippen LogP contribution in [0.3, 0.4) is 0 Å². The van der Waals surface area contributed by atoms with Gasteiger partial charge in [0.05, 0.1) is 5.56 Å². The van der Waals surface area contributed by atoms with Crippen LogP contribution in [-0.2, 0) is 0 Å². The lowest BCUT2D eigenvalue weighted by atomic mass is 10.0. The number of rotatable bonds is 5. The first-order chi connectivity index (χ1) is 9.49. The number of amides is 1. The molecule has 1 atom stereocenters. The van der Waals surface area contributed by atoms with Gasteiger partial charge in [-0.15, -0.1) is 24.8 Å². The van der Waals surface area contributed by atoms with E-state index in [1.807, 2.05) is 36.0 Å². The van der Waals surface area contributed by atoms with Crippen molar-refractivity contribution in [2.24, 2.45) is 11.7 Å². The average Bonchev–Trinajstić information content (AvgIpc) is 2.90. The zero-order chi connectivity index (χ0) is 14.7. The van der Waals surface area contributed by atoms with Crippen molar-refractivity contribution in [3.63, 3.8) is 0 Å². The molecular formula is C15H24Cl2N4O. The van der Waals surface area contributed by atoms with E-state index in [1.165, 1.54) is 0 Å². The molecule has 0 aromatic carbocycles. The van der Waals surface area contributed by atoms with Crippen LogP contribution in [0.4, 0.5) is 0 Å². The van der Waals surface area contributed by atoms with Crippen molar-refractivity contribution in [1.82, 2.24) is 14.3 Å². The first-order valence-corrected chi connectivity index (χ1v) is 6.93. The van der Waals surface area contributed by atoms with Crippen molar-refractivity contribution >= 4 is 36.4 Å². The number of aromatic nitrogens is 2. The van der Waals surface area contributed by atoms with E-state index >= 15 is 0 Å². The number of carbonyl (C=O) groups is 1. The predicted octanol–water partition coefficient (Wildman–Crippen LogP) is 2.62. The van der Waals surface area contributed by atoms with Gasteiger partial charge in [0.15, 0.2) is 0 Å². The Balaban J connectivity index is 0.00000220. The molecule has 0 radical (unpaired) electrons. The van der Waals surface area contributed by atoms with Crippen LogP contribution in [0, 0.1) is 5.92 Å². The topological polar surface area (TPSA) is 63.6 Å². The Morgan fingerprint density at radius 3 is 2.68 bits per heavy atom. The summed E-state index contributed by atoms with van der Waals surface area (Å²) in [6, 6.07) is 3.78. The minimum Gasteiger partial charge on any atom is -0.342 e. The van der Waals surface area contributed by atoms with Crippen LogP contribution in [0.15, 0.2) is 30.7 Å². The smallest absolute Gasteiger partial charge is 0.255 e. The van der Waals surface area contributed by atoms with Crippen LogP contribution in [0.5, 0.6) is 0 Å². The SMILES string of the molecule is CC(C)C(N)CCN(C)C(=O)c1ccc2nccn2c1.Cl.Cl. The van der Waals surface area contributed by atoms with Crippen molar-refractivity contribution in [1.29, 1.82) is 0 Å². The molecule has 124 valence electrons. The van der Waals surface area contributed by atoms with E-state index in [0.29, 0.717) is 18.0 Å². The van der Waals surface area contributed by atoms with Crippen LogP contribution in [0.25, 0.3) is 5.65 Å². The number of hydrogen-bond donors (Lipinski definition) is 1. The summed E-state index contributed by atoms with van der Waals surface area (Å²) in [5.74, 6) is 0.442. The number of hydrogen-bond acceptors (Lipinski definition) is 3. The molecule has 0 spiro atoms. The molecule has 0 fully saturated rings. The summed E-state index contributed by atoms with van der Waals surface area (Å²) >= 11 is 0. The number of fused-ring (bicyclic) bond motifs is 1. The Labute approximate surface area is 143 Å². The van der Waals surface area contributed by atoms with Crippen LogP contribution >= 0.6 is 24.8 Å². The standard InChI is InChI=1S/C15H22N4O.2ClH/c1-11(2)13(16)6-8-18(3)15(20)12-4-5-14-17-7-9-19(14)10-12;;/h4-5,7,9-11,13H,6,8,16H2,1-3H3;2*1H. The van der Waals surface area contributed by atoms with Gasteiger partial charge < -0.3 is 15.0 Å². The zero-order valence-corrected chi connectivity index (χ0v) is 14.7. The highest BCUT2D eigenvalue weighted by molar-refractivity contribution is 5.94. The third-order valence-corrected chi connectivity index (χ3v) is 3.64. The molecule has 0 saturated heterocycles. The lowest BCUT2D eigenvalue weighted by molar-refractivity contribution is 0.0788. The average molecular weight is 347 g/mol. The molecule has 2 heterocycles. The fraction of sp³-hybridized carbons (Fsp3) is 0.467. The predicted molar refractivity (Wildman–Crippen MR) is 94.1 cm³/mol. The molecule has 1 amide bonds. The molecule has 0 bridgehead atoms. The first-order valence-electron chi connectivity index (χ1n) is 6.93. The summed E-state index contributed by atoms with van der Waals surface area (Å²) in [6.07, 6.45) is 6.17. The van der Waals surface area contributed by atoms with Gasteiger partial charge in [0.2, 0.25) is 0 Å². The minimum absolute atomic E-state index is 0. The van der Waals surface area contributed by atoms with Gasteiger partial charge in [0.25, 0.3) is 5.91 Å². The lowest BCUT2D eigenvalue weighted by Gasteiger charge is -2.21. The second kappa shape index (κ2) is 8.98. The van der Waals surface area contributed by atoms with E-state index in [0.717, 1.165) is 12.1 Å². The van der Waals surface area contributed by atoms with Gasteiger partial charge in [-0.1, -0.05) is 13.8 Å². The summed E-state index contributed by atoms with van der Waals surface area (Å²) in [4.78, 5) is 18.2. The molecule has 1 unspecified atom stereocenters. The molecule has 2 N–H and O–H groups in total. The number of pyridine rings is 1. The van der Waals surface area contributed by atoms with E-state index in [-0.39, 0.29) is 36.8 Å². The van der Waals surface area contributed by atoms with Gasteiger partial charge in [-0.2, -0.15) is 0 Å². The Kier molecular flexibility index (Phi) is 8.45. The molecule has 0 saturated carbocycles. The lowest BCUT2D eigenvalue weighted by Crippen LogP contribution is -2.34. The summed E-state index contributed by atoms with van der Waals surface area (Å²) in [5, 5.41) is 0. The highest BCUT2D eigenvalue weighted by Gasteiger charge is 2.15. The van der Waals surface area contributed by atoms with Gasteiger partial charge in [-0.3, -0.25) is 4.79 Å². The molecule has 0 aliphatic rings. The first kappa shape index (κ1) is 20.7. The van der Waals surface area contributed by atoms with Crippen molar-refractivity contribution in [2.45, 2.75) is 26.3 Å². The van der Waals surface area contributed by atoms with Gasteiger partial charge in [0.1, 0.15) is 5.65 Å². The zero-order valence-electron chi connectivity index (χ0n) is 13.1. The third-order valence-electron chi connectivity index (χ3n) is 3.64. The van der Waals surface area contributed by atoms with Gasteiger partial charge in [-0.25, -0.2) is 4.98 Å². The van der Waals surface area contributed by atoms with E-state index in [1.54, 1.807) is 11.1 Å². The molecule has 2 aromatic rings. The van der Waals surface area contributed by atoms with Crippen LogP contribution < -0.4 is 5.73 Å². The van der Waals surface area contributed by atoms with E-state index in [9.17, 15) is 4.79 Å². The van der Waals surface area contributed by atoms with Crippen molar-refractivity contribution in [3.8, 4) is 0 Å². The fourth-order valence-electron chi connectivity index (χ4n) is 2.04. The quantitative estimate of drug-likeness (QED) is 0.904. The normalized spacial score (nSPS) is 11.7. The molecule has 0 aliphatic heterocycles. The fourth-order valence-corrected chi connectivity index (χ4v) is 2.04. The number of nitrogens with two attached hydrogens (primary N) is 1. The maximum Gasteiger partial charge on any atom is 0.255 e. The maximum absolute atomic E-state index is 12.3. The number of halogens is 2. The molecule has 2 rings (SSSR count). The Bertz CT molecular complexity index is 600. The molecule has 5 nitrogen and oxygen atoms in total. The van der Waals surface area contributed by atoms with Gasteiger partial charge >= 0.3 is 0 Å². The minimum atomic E-state index is 0. The van der Waals surface area contributed by atoms with Crippen LogP contribution in [0.1, 0.15) is 30.6 Å². The third kappa shape index (κ3) is 4.87. The summed E-state index contributed by atoms with van der Waals surface area (Å²) in [7, 11) is 1.81. The Hall–Kier alpha value is -1.30.